The van der Waals surface area contributed by atoms with Gasteiger partial charge >= 0.3 is 0 Å². The van der Waals surface area contributed by atoms with E-state index in [-0.39, 0.29) is 28.7 Å². The number of piperidine rings is 1. The Morgan fingerprint density at radius 2 is 2.10 bits per heavy atom. The minimum Gasteiger partial charge on any atom is -0.369 e. The van der Waals surface area contributed by atoms with Gasteiger partial charge in [-0.2, -0.15) is 0 Å². The molecule has 1 aliphatic heterocycles. The molecule has 1 saturated heterocycles. The number of carbonyl (C=O) groups is 3. The summed E-state index contributed by atoms with van der Waals surface area (Å²) >= 11 is 1.19. The van der Waals surface area contributed by atoms with Gasteiger partial charge in [0.2, 0.25) is 17.7 Å². The molecule has 114 valence electrons. The normalized spacial score (nSPS) is 17.9. The van der Waals surface area contributed by atoms with Gasteiger partial charge in [-0.15, -0.1) is 11.8 Å². The quantitative estimate of drug-likeness (QED) is 0.690. The van der Waals surface area contributed by atoms with E-state index in [2.05, 4.69) is 5.32 Å². The number of nitrogens with zero attached hydrogens (tertiary/aromatic N) is 1. The van der Waals surface area contributed by atoms with E-state index >= 15 is 0 Å². The van der Waals surface area contributed by atoms with Crippen molar-refractivity contribution >= 4 is 29.5 Å². The first-order valence-corrected chi connectivity index (χ1v) is 7.90. The van der Waals surface area contributed by atoms with Crippen molar-refractivity contribution in [2.75, 3.05) is 31.1 Å². The van der Waals surface area contributed by atoms with Gasteiger partial charge in [0.15, 0.2) is 0 Å². The summed E-state index contributed by atoms with van der Waals surface area (Å²) < 4.78 is 0. The Morgan fingerprint density at radius 1 is 1.40 bits per heavy atom. The highest BCUT2D eigenvalue weighted by Gasteiger charge is 2.35. The van der Waals surface area contributed by atoms with Gasteiger partial charge in [-0.05, 0) is 12.8 Å². The summed E-state index contributed by atoms with van der Waals surface area (Å²) in [6.07, 6.45) is 1.92. The Labute approximate surface area is 123 Å². The molecule has 0 aromatic rings. The third kappa shape index (κ3) is 5.40. The van der Waals surface area contributed by atoms with Gasteiger partial charge in [-0.25, -0.2) is 0 Å². The lowest BCUT2D eigenvalue weighted by molar-refractivity contribution is -0.144. The van der Waals surface area contributed by atoms with Crippen LogP contribution in [-0.2, 0) is 14.4 Å². The van der Waals surface area contributed by atoms with Crippen LogP contribution < -0.4 is 11.1 Å². The Balaban J connectivity index is 2.22. The molecule has 0 aromatic heterocycles. The van der Waals surface area contributed by atoms with Crippen LogP contribution in [0, 0.1) is 5.41 Å². The molecule has 7 heteroatoms. The highest BCUT2D eigenvalue weighted by molar-refractivity contribution is 8.00. The number of primary amides is 1. The summed E-state index contributed by atoms with van der Waals surface area (Å²) in [5, 5.41) is 2.75. The van der Waals surface area contributed by atoms with Gasteiger partial charge in [-0.1, -0.05) is 13.8 Å². The van der Waals surface area contributed by atoms with Crippen molar-refractivity contribution in [1.82, 2.24) is 10.2 Å². The van der Waals surface area contributed by atoms with Crippen molar-refractivity contribution in [3.05, 3.63) is 0 Å². The molecular formula is C13H23N3O3S. The summed E-state index contributed by atoms with van der Waals surface area (Å²) in [5.74, 6) is -0.0563. The van der Waals surface area contributed by atoms with Crippen molar-refractivity contribution in [3.63, 3.8) is 0 Å². The molecule has 0 atom stereocenters. The van der Waals surface area contributed by atoms with Crippen LogP contribution in [-0.4, -0.2) is 53.8 Å². The first-order valence-electron chi connectivity index (χ1n) is 6.75. The Kier molecular flexibility index (Phi) is 6.32. The van der Waals surface area contributed by atoms with Crippen LogP contribution in [0.5, 0.6) is 0 Å². The average molecular weight is 301 g/mol. The maximum atomic E-state index is 12.1. The van der Waals surface area contributed by atoms with Crippen LogP contribution in [0.2, 0.25) is 0 Å². The number of nitrogens with two attached hydrogens (primary N) is 1. The molecule has 3 N–H and O–H groups in total. The smallest absolute Gasteiger partial charge is 0.230 e. The maximum Gasteiger partial charge on any atom is 0.230 e. The van der Waals surface area contributed by atoms with Crippen molar-refractivity contribution < 1.29 is 14.4 Å². The van der Waals surface area contributed by atoms with Gasteiger partial charge in [0, 0.05) is 25.0 Å². The fraction of sp³-hybridized carbons (Fsp3) is 0.769. The topological polar surface area (TPSA) is 92.5 Å². The first kappa shape index (κ1) is 16.8. The van der Waals surface area contributed by atoms with Crippen molar-refractivity contribution in [2.45, 2.75) is 26.7 Å². The molecule has 6 nitrogen and oxygen atoms in total. The van der Waals surface area contributed by atoms with E-state index in [4.69, 9.17) is 5.73 Å². The third-order valence-electron chi connectivity index (χ3n) is 3.28. The minimum absolute atomic E-state index is 0.139. The van der Waals surface area contributed by atoms with Gasteiger partial charge < -0.3 is 16.0 Å². The molecule has 0 bridgehead atoms. The standard InChI is InChI=1S/C13H23N3O3S/c1-13(2)4-3-6-16(12(13)19)7-5-15-11(18)9-20-8-10(14)17/h3-9H2,1-2H3,(H2,14,17)(H,15,18). The fourth-order valence-electron chi connectivity index (χ4n) is 2.19. The highest BCUT2D eigenvalue weighted by Crippen LogP contribution is 2.29. The lowest BCUT2D eigenvalue weighted by Crippen LogP contribution is -2.48. The van der Waals surface area contributed by atoms with E-state index in [1.165, 1.54) is 11.8 Å². The predicted octanol–water partition coefficient (Wildman–Crippen LogP) is -0.0303. The number of carbonyl (C=O) groups excluding carboxylic acids is 3. The molecule has 0 aliphatic carbocycles. The summed E-state index contributed by atoms with van der Waals surface area (Å²) in [5.41, 5.74) is 4.69. The van der Waals surface area contributed by atoms with Gasteiger partial charge in [0.05, 0.1) is 11.5 Å². The van der Waals surface area contributed by atoms with E-state index in [1.807, 2.05) is 13.8 Å². The Hall–Kier alpha value is -1.24. The zero-order valence-electron chi connectivity index (χ0n) is 12.1. The van der Waals surface area contributed by atoms with Crippen molar-refractivity contribution in [1.29, 1.82) is 0 Å². The van der Waals surface area contributed by atoms with E-state index in [1.54, 1.807) is 4.90 Å². The van der Waals surface area contributed by atoms with Crippen LogP contribution >= 0.6 is 11.8 Å². The Bertz CT molecular complexity index is 385. The summed E-state index contributed by atoms with van der Waals surface area (Å²) in [6, 6.07) is 0. The van der Waals surface area contributed by atoms with E-state index in [0.29, 0.717) is 13.1 Å². The van der Waals surface area contributed by atoms with E-state index in [0.717, 1.165) is 19.4 Å². The van der Waals surface area contributed by atoms with Gasteiger partial charge in [0.1, 0.15) is 0 Å². The molecule has 0 saturated carbocycles. The molecule has 1 aliphatic rings. The van der Waals surface area contributed by atoms with Crippen LogP contribution in [0.25, 0.3) is 0 Å². The predicted molar refractivity (Wildman–Crippen MR) is 79.1 cm³/mol. The first-order chi connectivity index (χ1) is 9.33. The fourth-order valence-corrected chi connectivity index (χ4v) is 2.78. The molecule has 0 unspecified atom stereocenters. The molecule has 0 radical (unpaired) electrons. The Morgan fingerprint density at radius 3 is 2.75 bits per heavy atom. The number of likely N-dealkylation sites (tertiary alicyclic amines) is 1. The second kappa shape index (κ2) is 7.52. The number of amides is 3. The second-order valence-corrected chi connectivity index (χ2v) is 6.57. The number of thioether (sulfide) groups is 1. The lowest BCUT2D eigenvalue weighted by atomic mass is 9.83. The van der Waals surface area contributed by atoms with Crippen LogP contribution in [0.1, 0.15) is 26.7 Å². The molecule has 0 aromatic carbocycles. The number of rotatable bonds is 7. The van der Waals surface area contributed by atoms with Crippen molar-refractivity contribution in [3.8, 4) is 0 Å². The largest absolute Gasteiger partial charge is 0.369 e. The van der Waals surface area contributed by atoms with Crippen LogP contribution in [0.4, 0.5) is 0 Å². The number of nitrogens with one attached hydrogen (secondary N) is 1. The van der Waals surface area contributed by atoms with E-state index < -0.39 is 5.91 Å². The molecule has 1 heterocycles. The highest BCUT2D eigenvalue weighted by atomic mass is 32.2. The molecular weight excluding hydrogens is 278 g/mol. The average Bonchev–Trinajstić information content (AvgIpc) is 2.34. The lowest BCUT2D eigenvalue weighted by Gasteiger charge is -2.37. The van der Waals surface area contributed by atoms with Crippen LogP contribution in [0.15, 0.2) is 0 Å². The summed E-state index contributed by atoms with van der Waals surface area (Å²) in [7, 11) is 0. The van der Waals surface area contributed by atoms with Crippen molar-refractivity contribution in [2.24, 2.45) is 11.1 Å². The minimum atomic E-state index is -0.427. The number of hydrogen-bond donors (Lipinski definition) is 2. The third-order valence-corrected chi connectivity index (χ3v) is 4.23. The summed E-state index contributed by atoms with van der Waals surface area (Å²) in [6.45, 7) is 5.65. The molecule has 0 spiro atoms. The molecule has 3 amide bonds. The second-order valence-electron chi connectivity index (χ2n) is 5.59. The maximum absolute atomic E-state index is 12.1. The summed E-state index contributed by atoms with van der Waals surface area (Å²) in [4.78, 5) is 35.9. The monoisotopic (exact) mass is 301 g/mol. The molecule has 1 fully saturated rings. The zero-order chi connectivity index (χ0) is 15.2. The van der Waals surface area contributed by atoms with Gasteiger partial charge in [0.25, 0.3) is 0 Å². The number of hydrogen-bond acceptors (Lipinski definition) is 4. The molecule has 1 rings (SSSR count). The zero-order valence-corrected chi connectivity index (χ0v) is 12.9. The molecule has 20 heavy (non-hydrogen) atoms. The SMILES string of the molecule is CC1(C)CCCN(CCNC(=O)CSCC(N)=O)C1=O. The van der Waals surface area contributed by atoms with Gasteiger partial charge in [-0.3, -0.25) is 14.4 Å². The van der Waals surface area contributed by atoms with Crippen LogP contribution in [0.3, 0.4) is 0 Å². The van der Waals surface area contributed by atoms with E-state index in [9.17, 15) is 14.4 Å².